The summed E-state index contributed by atoms with van der Waals surface area (Å²) in [6.45, 7) is 2.30. The van der Waals surface area contributed by atoms with E-state index >= 15 is 0 Å². The van der Waals surface area contributed by atoms with E-state index in [1.165, 1.54) is 0 Å². The minimum absolute atomic E-state index is 0.360. The van der Waals surface area contributed by atoms with E-state index in [0.29, 0.717) is 18.2 Å². The Hall–Kier alpha value is -1.52. The number of hydrogen-bond acceptors (Lipinski definition) is 3. The van der Waals surface area contributed by atoms with E-state index < -0.39 is 6.10 Å². The first-order valence-electron chi connectivity index (χ1n) is 6.18. The van der Waals surface area contributed by atoms with Crippen LogP contribution < -0.4 is 4.74 Å². The minimum Gasteiger partial charge on any atom is -0.486 e. The van der Waals surface area contributed by atoms with Crippen molar-refractivity contribution in [2.75, 3.05) is 0 Å². The molecule has 1 aromatic carbocycles. The van der Waals surface area contributed by atoms with Gasteiger partial charge in [-0.25, -0.2) is 4.98 Å². The second kappa shape index (κ2) is 6.08. The molecular weight excluding hydrogens is 264 g/mol. The highest BCUT2D eigenvalue weighted by Gasteiger charge is 2.07. The van der Waals surface area contributed by atoms with Gasteiger partial charge in [0.25, 0.3) is 0 Å². The fourth-order valence-corrected chi connectivity index (χ4v) is 1.87. The second-order valence-electron chi connectivity index (χ2n) is 4.34. The van der Waals surface area contributed by atoms with Gasteiger partial charge >= 0.3 is 0 Å². The average molecular weight is 281 g/mol. The molecule has 0 amide bonds. The maximum atomic E-state index is 9.70. The smallest absolute Gasteiger partial charge is 0.147 e. The number of aliphatic hydroxyl groups excluding tert-OH is 1. The number of benzene rings is 1. The predicted molar refractivity (Wildman–Crippen MR) is 74.2 cm³/mol. The number of hydrogen-bond donors (Lipinski definition) is 1. The first kappa shape index (κ1) is 13.9. The Morgan fingerprint density at radius 1 is 1.37 bits per heavy atom. The molecule has 102 valence electrons. The van der Waals surface area contributed by atoms with Gasteiger partial charge in [0.2, 0.25) is 0 Å². The van der Waals surface area contributed by atoms with E-state index in [9.17, 15) is 5.11 Å². The Morgan fingerprint density at radius 3 is 2.58 bits per heavy atom. The highest BCUT2D eigenvalue weighted by Crippen LogP contribution is 2.20. The molecule has 1 heterocycles. The number of aliphatic hydroxyl groups is 1. The van der Waals surface area contributed by atoms with E-state index in [0.717, 1.165) is 17.1 Å². The lowest BCUT2D eigenvalue weighted by Gasteiger charge is -2.10. The molecule has 0 bridgehead atoms. The zero-order valence-corrected chi connectivity index (χ0v) is 11.8. The van der Waals surface area contributed by atoms with Gasteiger partial charge in [-0.1, -0.05) is 30.7 Å². The minimum atomic E-state index is -0.414. The van der Waals surface area contributed by atoms with E-state index in [1.807, 2.05) is 38.2 Å². The van der Waals surface area contributed by atoms with Crippen LogP contribution in [0.4, 0.5) is 0 Å². The second-order valence-corrected chi connectivity index (χ2v) is 4.73. The van der Waals surface area contributed by atoms with Crippen molar-refractivity contribution in [2.45, 2.75) is 26.1 Å². The molecule has 4 nitrogen and oxygen atoms in total. The van der Waals surface area contributed by atoms with Crippen LogP contribution in [0.15, 0.2) is 30.5 Å². The maximum absolute atomic E-state index is 9.70. The molecule has 0 radical (unpaired) electrons. The highest BCUT2D eigenvalue weighted by molar-refractivity contribution is 6.29. The fourth-order valence-electron chi connectivity index (χ4n) is 1.73. The molecule has 0 saturated carbocycles. The molecule has 0 spiro atoms. The Morgan fingerprint density at radius 2 is 2.05 bits per heavy atom. The Bertz CT molecular complexity index is 537. The van der Waals surface area contributed by atoms with Gasteiger partial charge in [-0.15, -0.1) is 0 Å². The molecule has 5 heteroatoms. The standard InChI is InChI=1S/C14H17ClN2O2/c1-3-12(18)10-4-6-11(7-5-10)19-9-14-16-8-13(15)17(14)2/h4-8,12,18H,3,9H2,1-2H3/t12-/m0/s1. The number of imidazole rings is 1. The van der Waals surface area contributed by atoms with Gasteiger partial charge < -0.3 is 14.4 Å². The average Bonchev–Trinajstić information content (AvgIpc) is 2.76. The largest absolute Gasteiger partial charge is 0.486 e. The monoisotopic (exact) mass is 280 g/mol. The van der Waals surface area contributed by atoms with Crippen LogP contribution in [-0.2, 0) is 13.7 Å². The molecule has 2 aromatic rings. The SMILES string of the molecule is CC[C@H](O)c1ccc(OCc2ncc(Cl)n2C)cc1. The number of ether oxygens (including phenoxy) is 1. The van der Waals surface area contributed by atoms with Crippen molar-refractivity contribution in [2.24, 2.45) is 7.05 Å². The van der Waals surface area contributed by atoms with Gasteiger partial charge in [-0.05, 0) is 24.1 Å². The molecule has 0 aliphatic carbocycles. The summed E-state index contributed by atoms with van der Waals surface area (Å²) >= 11 is 5.90. The molecule has 19 heavy (non-hydrogen) atoms. The van der Waals surface area contributed by atoms with E-state index in [-0.39, 0.29) is 0 Å². The van der Waals surface area contributed by atoms with Gasteiger partial charge in [0.05, 0.1) is 12.3 Å². The highest BCUT2D eigenvalue weighted by atomic mass is 35.5. The van der Waals surface area contributed by atoms with Crippen molar-refractivity contribution in [1.29, 1.82) is 0 Å². The van der Waals surface area contributed by atoms with Crippen molar-refractivity contribution >= 4 is 11.6 Å². The van der Waals surface area contributed by atoms with Crippen molar-refractivity contribution < 1.29 is 9.84 Å². The summed E-state index contributed by atoms with van der Waals surface area (Å²) in [5.41, 5.74) is 0.898. The van der Waals surface area contributed by atoms with Crippen LogP contribution in [0.3, 0.4) is 0 Å². The van der Waals surface area contributed by atoms with Crippen LogP contribution >= 0.6 is 11.6 Å². The van der Waals surface area contributed by atoms with Crippen molar-refractivity contribution in [3.05, 3.63) is 47.0 Å². The molecule has 0 unspecified atom stereocenters. The molecule has 1 N–H and O–H groups in total. The van der Waals surface area contributed by atoms with Crippen molar-refractivity contribution in [1.82, 2.24) is 9.55 Å². The Kier molecular flexibility index (Phi) is 4.45. The zero-order valence-electron chi connectivity index (χ0n) is 11.0. The van der Waals surface area contributed by atoms with Gasteiger partial charge in [-0.2, -0.15) is 0 Å². The predicted octanol–water partition coefficient (Wildman–Crippen LogP) is 3.10. The van der Waals surface area contributed by atoms with E-state index in [4.69, 9.17) is 16.3 Å². The molecule has 1 aromatic heterocycles. The molecule has 0 fully saturated rings. The lowest BCUT2D eigenvalue weighted by molar-refractivity contribution is 0.173. The quantitative estimate of drug-likeness (QED) is 0.915. The molecule has 0 aliphatic rings. The molecule has 1 atom stereocenters. The van der Waals surface area contributed by atoms with Crippen LogP contribution in [0, 0.1) is 0 Å². The van der Waals surface area contributed by atoms with Crippen LogP contribution in [0.25, 0.3) is 0 Å². The van der Waals surface area contributed by atoms with Gasteiger partial charge in [-0.3, -0.25) is 0 Å². The third-order valence-corrected chi connectivity index (χ3v) is 3.40. The van der Waals surface area contributed by atoms with Gasteiger partial charge in [0.15, 0.2) is 0 Å². The summed E-state index contributed by atoms with van der Waals surface area (Å²) in [5.74, 6) is 1.51. The summed E-state index contributed by atoms with van der Waals surface area (Å²) in [6.07, 6.45) is 1.88. The lowest BCUT2D eigenvalue weighted by Crippen LogP contribution is -2.03. The summed E-state index contributed by atoms with van der Waals surface area (Å²) in [4.78, 5) is 4.16. The van der Waals surface area contributed by atoms with E-state index in [2.05, 4.69) is 4.98 Å². The first-order valence-corrected chi connectivity index (χ1v) is 6.56. The van der Waals surface area contributed by atoms with Crippen LogP contribution in [0.5, 0.6) is 5.75 Å². The number of halogens is 1. The van der Waals surface area contributed by atoms with Gasteiger partial charge in [0.1, 0.15) is 23.3 Å². The number of rotatable bonds is 5. The lowest BCUT2D eigenvalue weighted by atomic mass is 10.1. The molecule has 2 rings (SSSR count). The maximum Gasteiger partial charge on any atom is 0.147 e. The first-order chi connectivity index (χ1) is 9.11. The molecule has 0 aliphatic heterocycles. The third-order valence-electron chi connectivity index (χ3n) is 3.05. The van der Waals surface area contributed by atoms with Crippen LogP contribution in [-0.4, -0.2) is 14.7 Å². The summed E-state index contributed by atoms with van der Waals surface area (Å²) in [6, 6.07) is 7.43. The van der Waals surface area contributed by atoms with Crippen molar-refractivity contribution in [3.63, 3.8) is 0 Å². The number of aromatic nitrogens is 2. The molecule has 0 saturated heterocycles. The molecular formula is C14H17ClN2O2. The van der Waals surface area contributed by atoms with Crippen LogP contribution in [0.1, 0.15) is 30.8 Å². The number of nitrogens with zero attached hydrogens (tertiary/aromatic N) is 2. The summed E-state index contributed by atoms with van der Waals surface area (Å²) in [7, 11) is 1.84. The fraction of sp³-hybridized carbons (Fsp3) is 0.357. The van der Waals surface area contributed by atoms with Crippen LogP contribution in [0.2, 0.25) is 5.15 Å². The Balaban J connectivity index is 1.98. The van der Waals surface area contributed by atoms with Crippen molar-refractivity contribution in [3.8, 4) is 5.75 Å². The summed E-state index contributed by atoms with van der Waals surface area (Å²) < 4.78 is 7.41. The van der Waals surface area contributed by atoms with Gasteiger partial charge in [0, 0.05) is 7.05 Å². The third kappa shape index (κ3) is 3.28. The van der Waals surface area contributed by atoms with E-state index in [1.54, 1.807) is 10.8 Å². The topological polar surface area (TPSA) is 47.3 Å². The Labute approximate surface area is 117 Å². The normalized spacial score (nSPS) is 12.4. The summed E-state index contributed by atoms with van der Waals surface area (Å²) in [5, 5.41) is 10.3. The zero-order chi connectivity index (χ0) is 13.8.